The fraction of sp³-hybridized carbons (Fsp3) is 0.346. The van der Waals surface area contributed by atoms with Crippen molar-refractivity contribution in [2.45, 2.75) is 58.2 Å². The van der Waals surface area contributed by atoms with Crippen molar-refractivity contribution in [3.05, 3.63) is 60.2 Å². The van der Waals surface area contributed by atoms with Crippen LogP contribution in [0.4, 0.5) is 5.69 Å². The van der Waals surface area contributed by atoms with Crippen LogP contribution in [0.25, 0.3) is 22.2 Å². The zero-order valence-corrected chi connectivity index (χ0v) is 18.8. The highest BCUT2D eigenvalue weighted by Gasteiger charge is 2.31. The van der Waals surface area contributed by atoms with Gasteiger partial charge in [-0.15, -0.1) is 0 Å². The summed E-state index contributed by atoms with van der Waals surface area (Å²) in [4.78, 5) is 18.9. The molecule has 2 aliphatic rings. The first-order valence-electron chi connectivity index (χ1n) is 11.6. The van der Waals surface area contributed by atoms with Gasteiger partial charge in [0.2, 0.25) is 11.8 Å². The molecule has 4 aromatic rings. The van der Waals surface area contributed by atoms with E-state index in [1.54, 1.807) is 6.92 Å². The molecule has 1 saturated carbocycles. The van der Waals surface area contributed by atoms with Gasteiger partial charge in [0, 0.05) is 35.9 Å². The number of aromatic nitrogens is 3. The van der Waals surface area contributed by atoms with Crippen LogP contribution in [0.5, 0.6) is 5.75 Å². The number of oxazole rings is 1. The van der Waals surface area contributed by atoms with Crippen LogP contribution in [-0.4, -0.2) is 26.7 Å². The van der Waals surface area contributed by atoms with Crippen molar-refractivity contribution in [1.82, 2.24) is 14.8 Å². The normalized spacial score (nSPS) is 17.9. The number of nitrogens with zero attached hydrogens (tertiary/aromatic N) is 4. The first-order valence-corrected chi connectivity index (χ1v) is 11.6. The average molecular weight is 443 g/mol. The molecule has 1 amide bonds. The van der Waals surface area contributed by atoms with E-state index in [-0.39, 0.29) is 18.6 Å². The summed E-state index contributed by atoms with van der Waals surface area (Å²) in [6.07, 6.45) is 8.08. The molecule has 0 radical (unpaired) electrons. The molecule has 0 bridgehead atoms. The highest BCUT2D eigenvalue weighted by atomic mass is 16.5. The maximum Gasteiger partial charge on any atom is 0.233 e. The summed E-state index contributed by atoms with van der Waals surface area (Å²) in [6, 6.07) is 12.5. The van der Waals surface area contributed by atoms with Gasteiger partial charge in [0.15, 0.2) is 12.2 Å². The van der Waals surface area contributed by atoms with Crippen molar-refractivity contribution in [2.24, 2.45) is 0 Å². The Labute approximate surface area is 192 Å². The number of hydrogen-bond donors (Lipinski definition) is 0. The van der Waals surface area contributed by atoms with Crippen molar-refractivity contribution in [2.75, 3.05) is 4.90 Å². The van der Waals surface area contributed by atoms with Crippen LogP contribution in [0.3, 0.4) is 0 Å². The summed E-state index contributed by atoms with van der Waals surface area (Å²) >= 11 is 0. The third kappa shape index (κ3) is 3.57. The molecule has 1 aliphatic carbocycles. The van der Waals surface area contributed by atoms with Gasteiger partial charge in [-0.25, -0.2) is 4.98 Å². The lowest BCUT2D eigenvalue weighted by atomic mass is 9.92. The fourth-order valence-electron chi connectivity index (χ4n) is 4.81. The third-order valence-electron chi connectivity index (χ3n) is 6.60. The number of fused-ring (bicyclic) bond motifs is 2. The second kappa shape index (κ2) is 7.76. The smallest absolute Gasteiger partial charge is 0.233 e. The minimum absolute atomic E-state index is 0.0441. The number of anilines is 1. The number of amides is 1. The molecule has 0 spiro atoms. The summed E-state index contributed by atoms with van der Waals surface area (Å²) in [7, 11) is 0. The number of carbonyl (C=O) groups is 1. The quantitative estimate of drug-likeness (QED) is 0.420. The molecule has 2 aromatic heterocycles. The lowest BCUT2D eigenvalue weighted by Gasteiger charge is -2.35. The summed E-state index contributed by atoms with van der Waals surface area (Å²) in [5.41, 5.74) is 5.53. The molecule has 6 rings (SSSR count). The Hall–Kier alpha value is -3.61. The molecular weight excluding hydrogens is 416 g/mol. The predicted molar refractivity (Wildman–Crippen MR) is 125 cm³/mol. The average Bonchev–Trinajstić information content (AvgIpc) is 3.39. The van der Waals surface area contributed by atoms with E-state index in [9.17, 15) is 4.79 Å². The van der Waals surface area contributed by atoms with Crippen molar-refractivity contribution in [3.8, 4) is 16.9 Å². The summed E-state index contributed by atoms with van der Waals surface area (Å²) in [5, 5.41) is 4.58. The van der Waals surface area contributed by atoms with Crippen LogP contribution in [0.15, 0.2) is 53.2 Å². The summed E-state index contributed by atoms with van der Waals surface area (Å²) < 4.78 is 14.4. The van der Waals surface area contributed by atoms with E-state index in [1.165, 1.54) is 12.8 Å². The van der Waals surface area contributed by atoms with Crippen LogP contribution in [-0.2, 0) is 17.8 Å². The highest BCUT2D eigenvalue weighted by molar-refractivity contribution is 5.95. The number of rotatable bonds is 5. The SMILES string of the molecule is CC(=O)N1c2ccc(-c3cnn(C4CC4)c3)c(OCc3nc4ccccc4o3)c2CCC1C. The maximum absolute atomic E-state index is 12.4. The van der Waals surface area contributed by atoms with Crippen molar-refractivity contribution in [1.29, 1.82) is 0 Å². The maximum atomic E-state index is 12.4. The molecule has 168 valence electrons. The number of hydrogen-bond acceptors (Lipinski definition) is 5. The number of para-hydroxylation sites is 2. The number of benzene rings is 2. The lowest BCUT2D eigenvalue weighted by molar-refractivity contribution is -0.117. The van der Waals surface area contributed by atoms with Crippen molar-refractivity contribution < 1.29 is 13.9 Å². The van der Waals surface area contributed by atoms with Gasteiger partial charge in [0.1, 0.15) is 11.3 Å². The lowest BCUT2D eigenvalue weighted by Crippen LogP contribution is -2.40. The zero-order valence-electron chi connectivity index (χ0n) is 18.8. The molecule has 1 fully saturated rings. The monoisotopic (exact) mass is 442 g/mol. The Kier molecular flexibility index (Phi) is 4.71. The van der Waals surface area contributed by atoms with Crippen LogP contribution in [0.2, 0.25) is 0 Å². The van der Waals surface area contributed by atoms with Gasteiger partial charge in [-0.05, 0) is 56.9 Å². The Morgan fingerprint density at radius 2 is 2.03 bits per heavy atom. The standard InChI is InChI=1S/C26H26N4O3/c1-16-7-10-21-23(30(16)17(2)31)12-11-20(18-13-27-29(14-18)19-8-9-19)26(21)32-15-25-28-22-5-3-4-6-24(22)33-25/h3-6,11-14,16,19H,7-10,15H2,1-2H3. The van der Waals surface area contributed by atoms with Gasteiger partial charge >= 0.3 is 0 Å². The molecule has 1 atom stereocenters. The zero-order chi connectivity index (χ0) is 22.5. The highest BCUT2D eigenvalue weighted by Crippen LogP contribution is 2.44. The van der Waals surface area contributed by atoms with Crippen LogP contribution in [0, 0.1) is 0 Å². The predicted octanol–water partition coefficient (Wildman–Crippen LogP) is 5.29. The molecule has 7 nitrogen and oxygen atoms in total. The third-order valence-corrected chi connectivity index (χ3v) is 6.60. The van der Waals surface area contributed by atoms with Crippen LogP contribution >= 0.6 is 0 Å². The van der Waals surface area contributed by atoms with Crippen LogP contribution < -0.4 is 9.64 Å². The molecule has 3 heterocycles. The van der Waals surface area contributed by atoms with Gasteiger partial charge in [-0.3, -0.25) is 9.48 Å². The van der Waals surface area contributed by atoms with E-state index in [4.69, 9.17) is 9.15 Å². The van der Waals surface area contributed by atoms with Gasteiger partial charge in [-0.1, -0.05) is 12.1 Å². The summed E-state index contributed by atoms with van der Waals surface area (Å²) in [5.74, 6) is 1.35. The van der Waals surface area contributed by atoms with Gasteiger partial charge in [-0.2, -0.15) is 5.10 Å². The Morgan fingerprint density at radius 3 is 2.82 bits per heavy atom. The molecule has 7 heteroatoms. The first-order chi connectivity index (χ1) is 16.1. The van der Waals surface area contributed by atoms with Gasteiger partial charge in [0.05, 0.1) is 17.9 Å². The van der Waals surface area contributed by atoms with Gasteiger partial charge < -0.3 is 14.1 Å². The molecule has 33 heavy (non-hydrogen) atoms. The van der Waals surface area contributed by atoms with E-state index >= 15 is 0 Å². The minimum atomic E-state index is 0.0441. The van der Waals surface area contributed by atoms with E-state index < -0.39 is 0 Å². The largest absolute Gasteiger partial charge is 0.483 e. The van der Waals surface area contributed by atoms with E-state index in [2.05, 4.69) is 23.2 Å². The van der Waals surface area contributed by atoms with E-state index in [0.29, 0.717) is 11.9 Å². The summed E-state index contributed by atoms with van der Waals surface area (Å²) in [6.45, 7) is 3.93. The van der Waals surface area contributed by atoms with Crippen LogP contribution in [0.1, 0.15) is 50.6 Å². The fourth-order valence-corrected chi connectivity index (χ4v) is 4.81. The minimum Gasteiger partial charge on any atom is -0.483 e. The van der Waals surface area contributed by atoms with E-state index in [1.807, 2.05) is 52.2 Å². The Balaban J connectivity index is 1.41. The van der Waals surface area contributed by atoms with Crippen molar-refractivity contribution >= 4 is 22.7 Å². The molecular formula is C26H26N4O3. The number of carbonyl (C=O) groups excluding carboxylic acids is 1. The van der Waals surface area contributed by atoms with Gasteiger partial charge in [0.25, 0.3) is 0 Å². The molecule has 1 unspecified atom stereocenters. The first kappa shape index (κ1) is 20.0. The Morgan fingerprint density at radius 1 is 1.18 bits per heavy atom. The topological polar surface area (TPSA) is 73.4 Å². The number of ether oxygens (including phenoxy) is 1. The molecule has 1 aliphatic heterocycles. The van der Waals surface area contributed by atoms with Crippen molar-refractivity contribution in [3.63, 3.8) is 0 Å². The Bertz CT molecular complexity index is 1320. The second-order valence-corrected chi connectivity index (χ2v) is 9.02. The molecule has 2 aromatic carbocycles. The second-order valence-electron chi connectivity index (χ2n) is 9.02. The molecule has 0 N–H and O–H groups in total. The van der Waals surface area contributed by atoms with E-state index in [0.717, 1.165) is 52.1 Å². The molecule has 0 saturated heterocycles.